The number of carbonyl (C=O) groups excluding carboxylic acids is 1. The number of nitrogens with one attached hydrogen (secondary N) is 1. The molecule has 0 saturated carbocycles. The lowest BCUT2D eigenvalue weighted by atomic mass is 9.84. The first-order valence-electron chi connectivity index (χ1n) is 9.81. The fraction of sp³-hybridized carbons (Fsp3) is 0.261. The number of carbonyl (C=O) groups is 1. The lowest BCUT2D eigenvalue weighted by molar-refractivity contribution is 0.0947. The molecule has 2 aliphatic heterocycles. The summed E-state index contributed by atoms with van der Waals surface area (Å²) in [4.78, 5) is 16.0. The molecule has 6 heteroatoms. The van der Waals surface area contributed by atoms with Crippen molar-refractivity contribution in [3.8, 4) is 11.1 Å². The molecule has 148 valence electrons. The van der Waals surface area contributed by atoms with Crippen LogP contribution in [0.4, 0.5) is 5.00 Å². The number of fused-ring (bicyclic) bond motifs is 1. The predicted octanol–water partition coefficient (Wildman–Crippen LogP) is 4.78. The average Bonchev–Trinajstić information content (AvgIpc) is 3.18. The van der Waals surface area contributed by atoms with Crippen LogP contribution in [0.2, 0.25) is 5.02 Å². The number of amides is 1. The molecule has 2 aromatic carbocycles. The number of rotatable bonds is 3. The van der Waals surface area contributed by atoms with Crippen LogP contribution >= 0.6 is 22.9 Å². The van der Waals surface area contributed by atoms with Gasteiger partial charge in [-0.05, 0) is 28.8 Å². The fourth-order valence-corrected chi connectivity index (χ4v) is 5.64. The Morgan fingerprint density at radius 3 is 2.48 bits per heavy atom. The first-order valence-corrected chi connectivity index (χ1v) is 11.0. The summed E-state index contributed by atoms with van der Waals surface area (Å²) in [6.45, 7) is 3.69. The van der Waals surface area contributed by atoms with Gasteiger partial charge in [0.05, 0.1) is 18.1 Å². The van der Waals surface area contributed by atoms with Crippen LogP contribution in [0.1, 0.15) is 26.7 Å². The van der Waals surface area contributed by atoms with E-state index >= 15 is 0 Å². The first-order chi connectivity index (χ1) is 14.2. The fourth-order valence-electron chi connectivity index (χ4n) is 4.16. The maximum Gasteiger partial charge on any atom is 0.261 e. The zero-order chi connectivity index (χ0) is 19.8. The van der Waals surface area contributed by atoms with Crippen LogP contribution < -0.4 is 10.2 Å². The van der Waals surface area contributed by atoms with Crippen molar-refractivity contribution in [2.75, 3.05) is 37.7 Å². The topological polar surface area (TPSA) is 41.6 Å². The monoisotopic (exact) mass is 424 g/mol. The molecule has 4 nitrogen and oxygen atoms in total. The Bertz CT molecular complexity index is 1030. The van der Waals surface area contributed by atoms with Crippen molar-refractivity contribution >= 4 is 33.8 Å². The zero-order valence-electron chi connectivity index (χ0n) is 15.9. The standard InChI is InChI=1S/C23H21ClN2O2S/c24-17-8-6-15(7-9-17)18-14-25-22(27)21-20(18)19(16-4-2-1-3-5-16)23(29-21)26-10-12-28-13-11-26/h1-9,18H,10-14H2,(H,25,27). The Labute approximate surface area is 179 Å². The second kappa shape index (κ2) is 7.82. The summed E-state index contributed by atoms with van der Waals surface area (Å²) in [5.74, 6) is 0.119. The van der Waals surface area contributed by atoms with Crippen LogP contribution in [0.25, 0.3) is 11.1 Å². The van der Waals surface area contributed by atoms with Crippen LogP contribution in [-0.4, -0.2) is 38.8 Å². The van der Waals surface area contributed by atoms with Gasteiger partial charge in [0.2, 0.25) is 0 Å². The van der Waals surface area contributed by atoms with E-state index in [1.807, 2.05) is 18.2 Å². The number of anilines is 1. The van der Waals surface area contributed by atoms with Gasteiger partial charge in [0.25, 0.3) is 5.91 Å². The quantitative estimate of drug-likeness (QED) is 0.657. The Kier molecular flexibility index (Phi) is 5.04. The molecule has 3 heterocycles. The number of thiophene rings is 1. The van der Waals surface area contributed by atoms with Gasteiger partial charge in [0, 0.05) is 36.1 Å². The molecule has 1 fully saturated rings. The van der Waals surface area contributed by atoms with E-state index in [1.165, 1.54) is 16.1 Å². The molecule has 0 radical (unpaired) electrons. The molecule has 0 spiro atoms. The maximum absolute atomic E-state index is 12.8. The van der Waals surface area contributed by atoms with Crippen molar-refractivity contribution in [3.05, 3.63) is 75.6 Å². The highest BCUT2D eigenvalue weighted by atomic mass is 35.5. The van der Waals surface area contributed by atoms with Crippen LogP contribution in [-0.2, 0) is 4.74 Å². The molecule has 0 bridgehead atoms. The number of morpholine rings is 1. The van der Waals surface area contributed by atoms with Gasteiger partial charge < -0.3 is 15.0 Å². The van der Waals surface area contributed by atoms with Gasteiger partial charge in [-0.3, -0.25) is 4.79 Å². The lowest BCUT2D eigenvalue weighted by Crippen LogP contribution is -2.36. The SMILES string of the molecule is O=C1NCC(c2ccc(Cl)cc2)c2c1sc(N1CCOCC1)c2-c1ccccc1. The number of nitrogens with zero attached hydrogens (tertiary/aromatic N) is 1. The lowest BCUT2D eigenvalue weighted by Gasteiger charge is -2.29. The maximum atomic E-state index is 12.8. The minimum atomic E-state index is 0.0203. The van der Waals surface area contributed by atoms with Crippen LogP contribution in [0.3, 0.4) is 0 Å². The van der Waals surface area contributed by atoms with Crippen LogP contribution in [0.15, 0.2) is 54.6 Å². The third kappa shape index (κ3) is 3.44. The Morgan fingerprint density at radius 2 is 1.76 bits per heavy atom. The van der Waals surface area contributed by atoms with Crippen molar-refractivity contribution in [2.45, 2.75) is 5.92 Å². The molecule has 1 N–H and O–H groups in total. The second-order valence-corrected chi connectivity index (χ2v) is 8.74. The average molecular weight is 425 g/mol. The molecule has 1 unspecified atom stereocenters. The van der Waals surface area contributed by atoms with Gasteiger partial charge in [0.15, 0.2) is 0 Å². The van der Waals surface area contributed by atoms with Crippen LogP contribution in [0, 0.1) is 0 Å². The third-order valence-electron chi connectivity index (χ3n) is 5.58. The number of hydrogen-bond acceptors (Lipinski definition) is 4. The minimum Gasteiger partial charge on any atom is -0.378 e. The molecular weight excluding hydrogens is 404 g/mol. The van der Waals surface area contributed by atoms with E-state index in [1.54, 1.807) is 11.3 Å². The predicted molar refractivity (Wildman–Crippen MR) is 118 cm³/mol. The molecule has 0 aliphatic carbocycles. The Morgan fingerprint density at radius 1 is 1.03 bits per heavy atom. The molecule has 1 saturated heterocycles. The summed E-state index contributed by atoms with van der Waals surface area (Å²) in [5, 5.41) is 4.98. The Hall–Kier alpha value is -2.34. The summed E-state index contributed by atoms with van der Waals surface area (Å²) in [5.41, 5.74) is 4.63. The summed E-state index contributed by atoms with van der Waals surface area (Å²) in [6, 6.07) is 18.4. The van der Waals surface area contributed by atoms with E-state index in [9.17, 15) is 4.79 Å². The van der Waals surface area contributed by atoms with E-state index < -0.39 is 0 Å². The molecule has 5 rings (SSSR count). The summed E-state index contributed by atoms with van der Waals surface area (Å²) >= 11 is 7.73. The number of benzene rings is 2. The molecule has 1 atom stereocenters. The van der Waals surface area contributed by atoms with E-state index in [0.717, 1.165) is 34.1 Å². The van der Waals surface area contributed by atoms with E-state index in [-0.39, 0.29) is 11.8 Å². The molecule has 1 aromatic heterocycles. The van der Waals surface area contributed by atoms with Crippen molar-refractivity contribution < 1.29 is 9.53 Å². The summed E-state index contributed by atoms with van der Waals surface area (Å²) in [6.07, 6.45) is 0. The van der Waals surface area contributed by atoms with E-state index in [0.29, 0.717) is 19.8 Å². The third-order valence-corrected chi connectivity index (χ3v) is 7.10. The largest absolute Gasteiger partial charge is 0.378 e. The smallest absolute Gasteiger partial charge is 0.261 e. The van der Waals surface area contributed by atoms with Crippen LogP contribution in [0.5, 0.6) is 0 Å². The highest BCUT2D eigenvalue weighted by molar-refractivity contribution is 7.19. The number of hydrogen-bond donors (Lipinski definition) is 1. The second-order valence-electron chi connectivity index (χ2n) is 7.30. The van der Waals surface area contributed by atoms with Gasteiger partial charge in [-0.2, -0.15) is 0 Å². The van der Waals surface area contributed by atoms with Gasteiger partial charge >= 0.3 is 0 Å². The van der Waals surface area contributed by atoms with Crippen molar-refractivity contribution in [2.24, 2.45) is 0 Å². The van der Waals surface area contributed by atoms with Gasteiger partial charge in [-0.25, -0.2) is 0 Å². The highest BCUT2D eigenvalue weighted by Crippen LogP contribution is 2.49. The van der Waals surface area contributed by atoms with E-state index in [4.69, 9.17) is 16.3 Å². The normalized spacial score (nSPS) is 19.0. The highest BCUT2D eigenvalue weighted by Gasteiger charge is 2.35. The summed E-state index contributed by atoms with van der Waals surface area (Å²) in [7, 11) is 0. The van der Waals surface area contributed by atoms with Crippen molar-refractivity contribution in [1.82, 2.24) is 5.32 Å². The molecular formula is C23H21ClN2O2S. The zero-order valence-corrected chi connectivity index (χ0v) is 17.4. The Balaban J connectivity index is 1.72. The van der Waals surface area contributed by atoms with Crippen molar-refractivity contribution in [3.63, 3.8) is 0 Å². The molecule has 3 aromatic rings. The van der Waals surface area contributed by atoms with Gasteiger partial charge in [-0.15, -0.1) is 11.3 Å². The van der Waals surface area contributed by atoms with E-state index in [2.05, 4.69) is 46.6 Å². The van der Waals surface area contributed by atoms with Gasteiger partial charge in [0.1, 0.15) is 5.00 Å². The minimum absolute atomic E-state index is 0.0203. The first kappa shape index (κ1) is 18.7. The number of ether oxygens (including phenoxy) is 1. The number of halogens is 1. The van der Waals surface area contributed by atoms with Gasteiger partial charge in [-0.1, -0.05) is 54.1 Å². The molecule has 2 aliphatic rings. The molecule has 1 amide bonds. The van der Waals surface area contributed by atoms with Crippen molar-refractivity contribution in [1.29, 1.82) is 0 Å². The summed E-state index contributed by atoms with van der Waals surface area (Å²) < 4.78 is 5.56. The molecule has 29 heavy (non-hydrogen) atoms.